The molecule has 2 aliphatic heterocycles. The first-order chi connectivity index (χ1) is 24.5. The molecule has 3 heterocycles. The van der Waals surface area contributed by atoms with Crippen molar-refractivity contribution < 1.29 is 4.74 Å². The molecule has 2 aliphatic rings. The molecular formula is C44H59ClN4O. The van der Waals surface area contributed by atoms with E-state index in [1.54, 1.807) is 0 Å². The number of terminal acetylenes is 1. The molecular weight excluding hydrogens is 636 g/mol. The number of hydrogen-bond donors (Lipinski definition) is 0. The van der Waals surface area contributed by atoms with E-state index in [4.69, 9.17) is 22.8 Å². The molecule has 3 aromatic carbocycles. The summed E-state index contributed by atoms with van der Waals surface area (Å²) in [4.78, 5) is 7.32. The highest BCUT2D eigenvalue weighted by molar-refractivity contribution is 6.17. The minimum atomic E-state index is 0.655. The Morgan fingerprint density at radius 1 is 0.780 bits per heavy atom. The number of piperidine rings is 2. The maximum Gasteiger partial charge on any atom is 0.120 e. The van der Waals surface area contributed by atoms with Gasteiger partial charge >= 0.3 is 0 Å². The van der Waals surface area contributed by atoms with Gasteiger partial charge in [0, 0.05) is 49.2 Å². The fourth-order valence-corrected chi connectivity index (χ4v) is 7.75. The van der Waals surface area contributed by atoms with Crippen LogP contribution in [0.2, 0.25) is 0 Å². The Labute approximate surface area is 307 Å². The van der Waals surface area contributed by atoms with Crippen LogP contribution >= 0.6 is 11.6 Å². The third-order valence-electron chi connectivity index (χ3n) is 10.6. The van der Waals surface area contributed by atoms with Crippen molar-refractivity contribution in [2.45, 2.75) is 71.0 Å². The van der Waals surface area contributed by atoms with Gasteiger partial charge in [0.15, 0.2) is 0 Å². The van der Waals surface area contributed by atoms with Gasteiger partial charge in [-0.15, -0.1) is 18.0 Å². The van der Waals surface area contributed by atoms with Gasteiger partial charge in [0.1, 0.15) is 5.75 Å². The van der Waals surface area contributed by atoms with Crippen molar-refractivity contribution in [3.05, 3.63) is 102 Å². The number of nitrogens with zero attached hydrogens (tertiary/aromatic N) is 4. The normalized spacial score (nSPS) is 16.3. The summed E-state index contributed by atoms with van der Waals surface area (Å²) >= 11 is 5.75. The fraction of sp³-hybridized carbons (Fsp3) is 0.500. The summed E-state index contributed by atoms with van der Waals surface area (Å²) in [5, 5.41) is 1.23. The summed E-state index contributed by atoms with van der Waals surface area (Å²) in [5.74, 6) is 6.25. The largest absolute Gasteiger partial charge is 0.494 e. The third kappa shape index (κ3) is 12.2. The first kappa shape index (κ1) is 38.0. The summed E-state index contributed by atoms with van der Waals surface area (Å²) in [7, 11) is 4.17. The van der Waals surface area contributed by atoms with Crippen molar-refractivity contribution in [1.82, 2.24) is 19.3 Å². The number of ether oxygens (including phenoxy) is 1. The molecule has 1 aromatic heterocycles. The molecule has 5 nitrogen and oxygen atoms in total. The lowest BCUT2D eigenvalue weighted by atomic mass is 9.92. The molecule has 6 heteroatoms. The first-order valence-electron chi connectivity index (χ1n) is 18.9. The molecule has 0 atom stereocenters. The standard InChI is InChI=1S/C29H37N3O.C15H22ClN/c1-4-16-30(2)23-27-20-26-21-28(12-13-29(26)31(27)3)33-19-8-11-24-14-17-32(18-15-24)22-25-9-6-5-7-10-25;16-10-4-7-14-8-11-17(12-9-14)13-15-5-2-1-3-6-15/h1,5-7,9-10,12-13,20-21,24H,8,11,14-19,22-23H2,2-3H3;1-3,5-6,14H,4,7-13H2. The van der Waals surface area contributed by atoms with Crippen LogP contribution in [-0.2, 0) is 26.7 Å². The van der Waals surface area contributed by atoms with Crippen molar-refractivity contribution in [2.75, 3.05) is 52.3 Å². The predicted octanol–water partition coefficient (Wildman–Crippen LogP) is 9.23. The van der Waals surface area contributed by atoms with Crippen molar-refractivity contribution in [3.63, 3.8) is 0 Å². The zero-order chi connectivity index (χ0) is 35.0. The minimum Gasteiger partial charge on any atom is -0.494 e. The monoisotopic (exact) mass is 694 g/mol. The first-order valence-corrected chi connectivity index (χ1v) is 19.5. The molecule has 6 rings (SSSR count). The summed E-state index contributed by atoms with van der Waals surface area (Å²) in [6.07, 6.45) is 15.6. The Morgan fingerprint density at radius 2 is 1.34 bits per heavy atom. The van der Waals surface area contributed by atoms with Crippen LogP contribution in [-0.4, -0.2) is 71.5 Å². The van der Waals surface area contributed by atoms with Crippen molar-refractivity contribution >= 4 is 22.5 Å². The van der Waals surface area contributed by atoms with Crippen LogP contribution in [0.5, 0.6) is 5.75 Å². The number of alkyl halides is 1. The van der Waals surface area contributed by atoms with E-state index >= 15 is 0 Å². The van der Waals surface area contributed by atoms with Gasteiger partial charge in [0.05, 0.1) is 13.2 Å². The van der Waals surface area contributed by atoms with Crippen LogP contribution in [0.25, 0.3) is 10.9 Å². The highest BCUT2D eigenvalue weighted by Crippen LogP contribution is 2.27. The molecule has 0 radical (unpaired) electrons. The summed E-state index contributed by atoms with van der Waals surface area (Å²) < 4.78 is 8.36. The molecule has 2 saturated heterocycles. The Kier molecular flexibility index (Phi) is 15.6. The smallest absolute Gasteiger partial charge is 0.120 e. The second-order valence-electron chi connectivity index (χ2n) is 14.5. The van der Waals surface area contributed by atoms with E-state index in [9.17, 15) is 0 Å². The van der Waals surface area contributed by atoms with Gasteiger partial charge in [0.25, 0.3) is 0 Å². The van der Waals surface area contributed by atoms with Crippen LogP contribution in [0, 0.1) is 24.2 Å². The molecule has 0 aliphatic carbocycles. The third-order valence-corrected chi connectivity index (χ3v) is 10.9. The second-order valence-corrected chi connectivity index (χ2v) is 14.9. The fourth-order valence-electron chi connectivity index (χ4n) is 7.59. The molecule has 268 valence electrons. The van der Waals surface area contributed by atoms with Gasteiger partial charge < -0.3 is 9.30 Å². The van der Waals surface area contributed by atoms with Crippen molar-refractivity contribution in [2.24, 2.45) is 18.9 Å². The van der Waals surface area contributed by atoms with Gasteiger partial charge in [-0.2, -0.15) is 0 Å². The van der Waals surface area contributed by atoms with Crippen LogP contribution in [0.3, 0.4) is 0 Å². The Hall–Kier alpha value is -3.27. The van der Waals surface area contributed by atoms with E-state index in [0.29, 0.717) is 6.54 Å². The van der Waals surface area contributed by atoms with Crippen molar-refractivity contribution in [1.29, 1.82) is 0 Å². The zero-order valence-electron chi connectivity index (χ0n) is 30.6. The second kappa shape index (κ2) is 20.5. The van der Waals surface area contributed by atoms with E-state index in [-0.39, 0.29) is 0 Å². The highest BCUT2D eigenvalue weighted by atomic mass is 35.5. The van der Waals surface area contributed by atoms with Crippen molar-refractivity contribution in [3.8, 4) is 18.1 Å². The zero-order valence-corrected chi connectivity index (χ0v) is 31.4. The Bertz CT molecular complexity index is 1570. The summed E-state index contributed by atoms with van der Waals surface area (Å²) in [6.45, 7) is 9.42. The van der Waals surface area contributed by atoms with Gasteiger partial charge in [-0.05, 0) is 132 Å². The minimum absolute atomic E-state index is 0.655. The van der Waals surface area contributed by atoms with Gasteiger partial charge in [-0.1, -0.05) is 66.6 Å². The predicted molar refractivity (Wildman–Crippen MR) is 212 cm³/mol. The molecule has 0 bridgehead atoms. The molecule has 4 aromatic rings. The molecule has 0 spiro atoms. The van der Waals surface area contributed by atoms with Gasteiger partial charge in [-0.25, -0.2) is 0 Å². The molecule has 0 unspecified atom stereocenters. The number of benzene rings is 3. The number of aromatic nitrogens is 1. The maximum atomic E-state index is 6.12. The quantitative estimate of drug-likeness (QED) is 0.0704. The van der Waals surface area contributed by atoms with E-state index in [0.717, 1.165) is 56.1 Å². The maximum absolute atomic E-state index is 6.12. The average molecular weight is 695 g/mol. The van der Waals surface area contributed by atoms with E-state index in [2.05, 4.69) is 124 Å². The number of hydrogen-bond acceptors (Lipinski definition) is 4. The Balaban J connectivity index is 0.000000240. The Morgan fingerprint density at radius 3 is 1.88 bits per heavy atom. The molecule has 0 saturated carbocycles. The van der Waals surface area contributed by atoms with Crippen LogP contribution < -0.4 is 4.74 Å². The van der Waals surface area contributed by atoms with Gasteiger partial charge in [0.2, 0.25) is 0 Å². The van der Waals surface area contributed by atoms with E-state index < -0.39 is 0 Å². The van der Waals surface area contributed by atoms with E-state index in [1.807, 2.05) is 0 Å². The van der Waals surface area contributed by atoms with Crippen LogP contribution in [0.15, 0.2) is 84.9 Å². The topological polar surface area (TPSA) is 23.9 Å². The summed E-state index contributed by atoms with van der Waals surface area (Å²) in [5.41, 5.74) is 5.35. The highest BCUT2D eigenvalue weighted by Gasteiger charge is 2.20. The number of fused-ring (bicyclic) bond motifs is 1. The number of rotatable bonds is 15. The lowest BCUT2D eigenvalue weighted by molar-refractivity contribution is 0.166. The number of likely N-dealkylation sites (tertiary alicyclic amines) is 2. The molecule has 50 heavy (non-hydrogen) atoms. The van der Waals surface area contributed by atoms with E-state index in [1.165, 1.54) is 98.8 Å². The molecule has 0 amide bonds. The lowest BCUT2D eigenvalue weighted by Gasteiger charge is -2.32. The summed E-state index contributed by atoms with van der Waals surface area (Å²) in [6, 6.07) is 30.3. The number of aryl methyl sites for hydroxylation is 1. The molecule has 0 N–H and O–H groups in total. The lowest BCUT2D eigenvalue weighted by Crippen LogP contribution is -2.33. The van der Waals surface area contributed by atoms with Gasteiger partial charge in [-0.3, -0.25) is 14.7 Å². The van der Waals surface area contributed by atoms with Crippen LogP contribution in [0.4, 0.5) is 0 Å². The average Bonchev–Trinajstić information content (AvgIpc) is 3.45. The SMILES string of the molecule is C#CCN(C)Cc1cc2cc(OCCCC3CCN(Cc4ccccc4)CC3)ccc2n1C.ClCCCC1CCN(Cc2ccccc2)CC1. The molecule has 2 fully saturated rings. The van der Waals surface area contributed by atoms with Crippen LogP contribution in [0.1, 0.15) is 68.2 Å². The number of halogens is 1.